The van der Waals surface area contributed by atoms with E-state index in [1.165, 1.54) is 0 Å². The van der Waals surface area contributed by atoms with Crippen molar-refractivity contribution in [2.75, 3.05) is 23.3 Å². The lowest BCUT2D eigenvalue weighted by molar-refractivity contribution is -0.117. The SMILES string of the molecule is O=C(CCNC(=O)c1ccc(F)cc1F)Nc1ccccc1N1CCCC1=O. The number of amides is 3. The van der Waals surface area contributed by atoms with Gasteiger partial charge < -0.3 is 15.5 Å². The molecule has 1 heterocycles. The number of halogens is 2. The van der Waals surface area contributed by atoms with E-state index in [0.29, 0.717) is 30.4 Å². The van der Waals surface area contributed by atoms with Crippen molar-refractivity contribution in [1.82, 2.24) is 5.32 Å². The Morgan fingerprint density at radius 3 is 2.61 bits per heavy atom. The quantitative estimate of drug-likeness (QED) is 0.800. The van der Waals surface area contributed by atoms with Gasteiger partial charge in [0.2, 0.25) is 11.8 Å². The molecule has 0 unspecified atom stereocenters. The average Bonchev–Trinajstić information content (AvgIpc) is 3.08. The Bertz CT molecular complexity index is 917. The average molecular weight is 387 g/mol. The van der Waals surface area contributed by atoms with Gasteiger partial charge in [-0.3, -0.25) is 14.4 Å². The Hall–Kier alpha value is -3.29. The van der Waals surface area contributed by atoms with Gasteiger partial charge in [0.15, 0.2) is 0 Å². The van der Waals surface area contributed by atoms with E-state index in [2.05, 4.69) is 10.6 Å². The molecule has 2 aromatic rings. The van der Waals surface area contributed by atoms with Gasteiger partial charge in [-0.1, -0.05) is 12.1 Å². The lowest BCUT2D eigenvalue weighted by atomic mass is 10.2. The summed E-state index contributed by atoms with van der Waals surface area (Å²) in [7, 11) is 0. The van der Waals surface area contributed by atoms with Crippen LogP contribution in [0.3, 0.4) is 0 Å². The summed E-state index contributed by atoms with van der Waals surface area (Å²) < 4.78 is 26.5. The minimum Gasteiger partial charge on any atom is -0.351 e. The highest BCUT2D eigenvalue weighted by Gasteiger charge is 2.24. The number of carbonyl (C=O) groups is 3. The largest absolute Gasteiger partial charge is 0.351 e. The minimum atomic E-state index is -0.967. The molecule has 0 saturated carbocycles. The predicted octanol–water partition coefficient (Wildman–Crippen LogP) is 2.85. The monoisotopic (exact) mass is 387 g/mol. The van der Waals surface area contributed by atoms with Crippen molar-refractivity contribution in [2.45, 2.75) is 19.3 Å². The summed E-state index contributed by atoms with van der Waals surface area (Å²) >= 11 is 0. The van der Waals surface area contributed by atoms with Gasteiger partial charge in [-0.15, -0.1) is 0 Å². The molecule has 0 spiro atoms. The highest BCUT2D eigenvalue weighted by molar-refractivity contribution is 6.02. The highest BCUT2D eigenvalue weighted by atomic mass is 19.1. The zero-order valence-electron chi connectivity index (χ0n) is 15.0. The molecule has 2 aromatic carbocycles. The second-order valence-electron chi connectivity index (χ2n) is 6.34. The lowest BCUT2D eigenvalue weighted by Gasteiger charge is -2.20. The molecule has 1 fully saturated rings. The smallest absolute Gasteiger partial charge is 0.254 e. The second-order valence-corrected chi connectivity index (χ2v) is 6.34. The first-order valence-corrected chi connectivity index (χ1v) is 8.88. The van der Waals surface area contributed by atoms with Crippen molar-refractivity contribution in [1.29, 1.82) is 0 Å². The van der Waals surface area contributed by atoms with E-state index < -0.39 is 17.5 Å². The number of hydrogen-bond donors (Lipinski definition) is 2. The number of para-hydroxylation sites is 2. The summed E-state index contributed by atoms with van der Waals surface area (Å²) in [6.45, 7) is 0.581. The summed E-state index contributed by atoms with van der Waals surface area (Å²) in [5.41, 5.74) is 0.856. The van der Waals surface area contributed by atoms with Crippen LogP contribution in [0.1, 0.15) is 29.6 Å². The van der Waals surface area contributed by atoms with E-state index in [0.717, 1.165) is 18.6 Å². The summed E-state index contributed by atoms with van der Waals surface area (Å²) in [4.78, 5) is 37.7. The lowest BCUT2D eigenvalue weighted by Crippen LogP contribution is -2.29. The van der Waals surface area contributed by atoms with Crippen LogP contribution in [0.25, 0.3) is 0 Å². The van der Waals surface area contributed by atoms with E-state index in [1.54, 1.807) is 29.2 Å². The fourth-order valence-electron chi connectivity index (χ4n) is 2.99. The minimum absolute atomic E-state index is 0.00952. The number of nitrogens with one attached hydrogen (secondary N) is 2. The first-order chi connectivity index (χ1) is 13.5. The van der Waals surface area contributed by atoms with Gasteiger partial charge in [0.1, 0.15) is 11.6 Å². The Labute approximate surface area is 160 Å². The van der Waals surface area contributed by atoms with Crippen LogP contribution in [-0.2, 0) is 9.59 Å². The highest BCUT2D eigenvalue weighted by Crippen LogP contribution is 2.29. The molecule has 3 amide bonds. The Morgan fingerprint density at radius 1 is 1.11 bits per heavy atom. The molecule has 28 heavy (non-hydrogen) atoms. The number of anilines is 2. The van der Waals surface area contributed by atoms with Crippen molar-refractivity contribution < 1.29 is 23.2 Å². The third kappa shape index (κ3) is 4.51. The van der Waals surface area contributed by atoms with E-state index >= 15 is 0 Å². The van der Waals surface area contributed by atoms with Gasteiger partial charge in [0.05, 0.1) is 16.9 Å². The van der Waals surface area contributed by atoms with Crippen LogP contribution in [0, 0.1) is 11.6 Å². The molecule has 1 aliphatic heterocycles. The van der Waals surface area contributed by atoms with E-state index in [-0.39, 0.29) is 30.3 Å². The van der Waals surface area contributed by atoms with Crippen molar-refractivity contribution in [3.05, 3.63) is 59.7 Å². The molecule has 3 rings (SSSR count). The van der Waals surface area contributed by atoms with Gasteiger partial charge in [-0.2, -0.15) is 0 Å². The molecule has 1 aliphatic rings. The van der Waals surface area contributed by atoms with Crippen LogP contribution < -0.4 is 15.5 Å². The van der Waals surface area contributed by atoms with Crippen molar-refractivity contribution in [3.8, 4) is 0 Å². The molecule has 0 radical (unpaired) electrons. The van der Waals surface area contributed by atoms with E-state index in [9.17, 15) is 23.2 Å². The number of carbonyl (C=O) groups excluding carboxylic acids is 3. The first kappa shape index (κ1) is 19.5. The van der Waals surface area contributed by atoms with Crippen molar-refractivity contribution in [3.63, 3.8) is 0 Å². The fourth-order valence-corrected chi connectivity index (χ4v) is 2.99. The maximum atomic E-state index is 13.6. The number of benzene rings is 2. The molecular weight excluding hydrogens is 368 g/mol. The molecule has 1 saturated heterocycles. The molecule has 2 N–H and O–H groups in total. The van der Waals surface area contributed by atoms with E-state index in [1.807, 2.05) is 0 Å². The zero-order chi connectivity index (χ0) is 20.1. The third-order valence-electron chi connectivity index (χ3n) is 4.36. The number of rotatable bonds is 6. The van der Waals surface area contributed by atoms with Crippen molar-refractivity contribution in [2.24, 2.45) is 0 Å². The Kier molecular flexibility index (Phi) is 5.98. The predicted molar refractivity (Wildman–Crippen MR) is 100.0 cm³/mol. The fraction of sp³-hybridized carbons (Fsp3) is 0.250. The summed E-state index contributed by atoms with van der Waals surface area (Å²) in [6, 6.07) is 9.65. The van der Waals surface area contributed by atoms with E-state index in [4.69, 9.17) is 0 Å². The molecule has 0 aromatic heterocycles. The Morgan fingerprint density at radius 2 is 1.89 bits per heavy atom. The van der Waals surface area contributed by atoms with Crippen molar-refractivity contribution >= 4 is 29.1 Å². The van der Waals surface area contributed by atoms with Gasteiger partial charge in [0, 0.05) is 32.0 Å². The Balaban J connectivity index is 1.55. The standard InChI is InChI=1S/C20H19F2N3O3/c21-13-7-8-14(15(22)12-13)20(28)23-10-9-18(26)24-16-4-1-2-5-17(16)25-11-3-6-19(25)27/h1-2,4-5,7-8,12H,3,6,9-11H2,(H,23,28)(H,24,26). The molecule has 0 bridgehead atoms. The molecule has 6 nitrogen and oxygen atoms in total. The van der Waals surface area contributed by atoms with Gasteiger partial charge in [-0.25, -0.2) is 8.78 Å². The molecule has 0 aliphatic carbocycles. The zero-order valence-corrected chi connectivity index (χ0v) is 15.0. The molecular formula is C20H19F2N3O3. The topological polar surface area (TPSA) is 78.5 Å². The molecule has 0 atom stereocenters. The van der Waals surface area contributed by atoms with Crippen LogP contribution in [0.2, 0.25) is 0 Å². The second kappa shape index (κ2) is 8.60. The van der Waals surface area contributed by atoms with Crippen LogP contribution in [0.5, 0.6) is 0 Å². The van der Waals surface area contributed by atoms with Gasteiger partial charge >= 0.3 is 0 Å². The normalized spacial score (nSPS) is 13.5. The third-order valence-corrected chi connectivity index (χ3v) is 4.36. The van der Waals surface area contributed by atoms with Crippen LogP contribution in [0.4, 0.5) is 20.2 Å². The first-order valence-electron chi connectivity index (χ1n) is 8.88. The van der Waals surface area contributed by atoms with Gasteiger partial charge in [-0.05, 0) is 30.7 Å². The number of hydrogen-bond acceptors (Lipinski definition) is 3. The maximum absolute atomic E-state index is 13.6. The summed E-state index contributed by atoms with van der Waals surface area (Å²) in [6.07, 6.45) is 1.21. The summed E-state index contributed by atoms with van der Waals surface area (Å²) in [5.74, 6) is -2.82. The maximum Gasteiger partial charge on any atom is 0.254 e. The van der Waals surface area contributed by atoms with Gasteiger partial charge in [0.25, 0.3) is 5.91 Å². The van der Waals surface area contributed by atoms with Crippen LogP contribution in [0.15, 0.2) is 42.5 Å². The van der Waals surface area contributed by atoms with Crippen LogP contribution in [-0.4, -0.2) is 30.8 Å². The number of nitrogens with zero attached hydrogens (tertiary/aromatic N) is 1. The molecule has 8 heteroatoms. The van der Waals surface area contributed by atoms with Crippen LogP contribution >= 0.6 is 0 Å². The molecule has 146 valence electrons. The summed E-state index contributed by atoms with van der Waals surface area (Å²) in [5, 5.41) is 5.16.